The van der Waals surface area contributed by atoms with Crippen LogP contribution in [0, 0.1) is 11.8 Å². The van der Waals surface area contributed by atoms with E-state index in [-0.39, 0.29) is 5.79 Å². The fourth-order valence-electron chi connectivity index (χ4n) is 2.64. The first-order valence-electron chi connectivity index (χ1n) is 7.93. The summed E-state index contributed by atoms with van der Waals surface area (Å²) >= 11 is 0. The van der Waals surface area contributed by atoms with Gasteiger partial charge in [0.05, 0.1) is 13.2 Å². The molecule has 1 spiro atoms. The van der Waals surface area contributed by atoms with Crippen molar-refractivity contribution in [3.8, 4) is 0 Å². The van der Waals surface area contributed by atoms with Crippen molar-refractivity contribution in [2.75, 3.05) is 13.2 Å². The van der Waals surface area contributed by atoms with Crippen molar-refractivity contribution in [2.24, 2.45) is 11.8 Å². The summed E-state index contributed by atoms with van der Waals surface area (Å²) in [7, 11) is 0. The Hall–Kier alpha value is -0.610. The Labute approximate surface area is 122 Å². The van der Waals surface area contributed by atoms with Gasteiger partial charge in [0.1, 0.15) is 0 Å². The monoisotopic (exact) mass is 286 g/mol. The zero-order valence-corrected chi connectivity index (χ0v) is 13.2. The molecule has 118 valence electrons. The highest BCUT2D eigenvalue weighted by molar-refractivity contribution is 5.66. The lowest BCUT2D eigenvalue weighted by Gasteiger charge is -2.42. The molecule has 0 bridgehead atoms. The van der Waals surface area contributed by atoms with Crippen molar-refractivity contribution >= 4 is 5.97 Å². The van der Waals surface area contributed by atoms with Gasteiger partial charge in [0.2, 0.25) is 0 Å². The Morgan fingerprint density at radius 1 is 1.20 bits per heavy atom. The van der Waals surface area contributed by atoms with Gasteiger partial charge in [0, 0.05) is 19.3 Å². The van der Waals surface area contributed by atoms with Crippen LogP contribution in [0.3, 0.4) is 0 Å². The summed E-state index contributed by atoms with van der Waals surface area (Å²) in [4.78, 5) is 10.5. The van der Waals surface area contributed by atoms with E-state index in [0.717, 1.165) is 57.7 Å². The number of hydrogen-bond donors (Lipinski definition) is 1. The first kappa shape index (κ1) is 17.4. The maximum Gasteiger partial charge on any atom is 0.303 e. The van der Waals surface area contributed by atoms with E-state index < -0.39 is 5.97 Å². The molecule has 1 aliphatic heterocycles. The van der Waals surface area contributed by atoms with Gasteiger partial charge in [-0.2, -0.15) is 0 Å². The second-order valence-electron chi connectivity index (χ2n) is 6.57. The molecule has 0 amide bonds. The summed E-state index contributed by atoms with van der Waals surface area (Å²) in [6.45, 7) is 8.11. The quantitative estimate of drug-likeness (QED) is 0.856. The second-order valence-corrected chi connectivity index (χ2v) is 6.57. The highest BCUT2D eigenvalue weighted by Crippen LogP contribution is 2.39. The number of aliphatic carboxylic acids is 1. The average Bonchev–Trinajstić information content (AvgIpc) is 2.38. The molecule has 4 heteroatoms. The Kier molecular flexibility index (Phi) is 7.52. The number of rotatable bonds is 3. The highest BCUT2D eigenvalue weighted by Gasteiger charge is 2.38. The number of carboxylic acids is 1. The van der Waals surface area contributed by atoms with Crippen LogP contribution in [0.4, 0.5) is 0 Å². The second kappa shape index (κ2) is 8.63. The zero-order valence-electron chi connectivity index (χ0n) is 13.2. The van der Waals surface area contributed by atoms with Gasteiger partial charge in [-0.3, -0.25) is 4.79 Å². The minimum atomic E-state index is -0.689. The molecule has 4 nitrogen and oxygen atoms in total. The lowest BCUT2D eigenvalue weighted by molar-refractivity contribution is -0.283. The van der Waals surface area contributed by atoms with Gasteiger partial charge in [-0.25, -0.2) is 0 Å². The molecule has 0 aromatic heterocycles. The number of ether oxygens (including phenoxy) is 2. The van der Waals surface area contributed by atoms with Crippen LogP contribution in [0.2, 0.25) is 0 Å². The Bertz CT molecular complexity index is 269. The third-order valence-electron chi connectivity index (χ3n) is 3.65. The van der Waals surface area contributed by atoms with Gasteiger partial charge in [-0.1, -0.05) is 20.8 Å². The molecule has 1 N–H and O–H groups in total. The predicted octanol–water partition coefficient (Wildman–Crippen LogP) is 3.84. The summed E-state index contributed by atoms with van der Waals surface area (Å²) in [6, 6.07) is 0. The molecule has 2 aliphatic rings. The molecule has 2 rings (SSSR count). The van der Waals surface area contributed by atoms with Gasteiger partial charge in [-0.15, -0.1) is 0 Å². The van der Waals surface area contributed by atoms with Crippen LogP contribution in [0.15, 0.2) is 0 Å². The molecule has 0 aromatic rings. The SMILES string of the molecule is CC(C)C.O=C(O)CCC1CCC2(CC1)OCCCO2. The van der Waals surface area contributed by atoms with Crippen molar-refractivity contribution in [1.29, 1.82) is 0 Å². The first-order valence-corrected chi connectivity index (χ1v) is 7.93. The molecule has 1 aliphatic carbocycles. The third kappa shape index (κ3) is 6.71. The van der Waals surface area contributed by atoms with Gasteiger partial charge in [-0.05, 0) is 37.5 Å². The Balaban J connectivity index is 0.000000444. The van der Waals surface area contributed by atoms with E-state index in [0.29, 0.717) is 12.3 Å². The summed E-state index contributed by atoms with van der Waals surface area (Å²) in [5.41, 5.74) is 0. The maximum atomic E-state index is 10.5. The molecular weight excluding hydrogens is 256 g/mol. The van der Waals surface area contributed by atoms with E-state index in [1.807, 2.05) is 0 Å². The van der Waals surface area contributed by atoms with Gasteiger partial charge >= 0.3 is 5.97 Å². The van der Waals surface area contributed by atoms with Crippen molar-refractivity contribution in [3.63, 3.8) is 0 Å². The smallest absolute Gasteiger partial charge is 0.303 e. The molecule has 0 atom stereocenters. The molecule has 0 aromatic carbocycles. The molecular formula is C16H30O4. The van der Waals surface area contributed by atoms with Crippen LogP contribution >= 0.6 is 0 Å². The third-order valence-corrected chi connectivity index (χ3v) is 3.65. The standard InChI is InChI=1S/C12H20O4.C4H10/c13-11(14)3-2-10-4-6-12(7-5-10)15-8-1-9-16-12;1-4(2)3/h10H,1-9H2,(H,13,14);4H,1-3H3. The lowest BCUT2D eigenvalue weighted by atomic mass is 9.82. The topological polar surface area (TPSA) is 55.8 Å². The number of carbonyl (C=O) groups is 1. The molecule has 1 heterocycles. The molecule has 0 radical (unpaired) electrons. The minimum Gasteiger partial charge on any atom is -0.481 e. The van der Waals surface area contributed by atoms with Crippen molar-refractivity contribution in [2.45, 2.75) is 71.5 Å². The van der Waals surface area contributed by atoms with E-state index in [1.54, 1.807) is 0 Å². The lowest BCUT2D eigenvalue weighted by Crippen LogP contribution is -2.43. The van der Waals surface area contributed by atoms with Crippen molar-refractivity contribution in [1.82, 2.24) is 0 Å². The highest BCUT2D eigenvalue weighted by atomic mass is 16.7. The number of carboxylic acid groups (broad SMARTS) is 1. The summed E-state index contributed by atoms with van der Waals surface area (Å²) in [5.74, 6) is 0.360. The minimum absolute atomic E-state index is 0.291. The summed E-state index contributed by atoms with van der Waals surface area (Å²) < 4.78 is 11.5. The van der Waals surface area contributed by atoms with Crippen LogP contribution in [-0.4, -0.2) is 30.1 Å². The summed E-state index contributed by atoms with van der Waals surface area (Å²) in [6.07, 6.45) is 6.00. The van der Waals surface area contributed by atoms with E-state index in [2.05, 4.69) is 20.8 Å². The normalized spacial score (nSPS) is 22.4. The van der Waals surface area contributed by atoms with E-state index in [9.17, 15) is 4.79 Å². The molecule has 20 heavy (non-hydrogen) atoms. The average molecular weight is 286 g/mol. The fraction of sp³-hybridized carbons (Fsp3) is 0.938. The zero-order chi connectivity index (χ0) is 15.0. The Morgan fingerprint density at radius 2 is 1.70 bits per heavy atom. The molecule has 1 saturated heterocycles. The molecule has 2 fully saturated rings. The van der Waals surface area contributed by atoms with Crippen molar-refractivity contribution in [3.05, 3.63) is 0 Å². The van der Waals surface area contributed by atoms with Crippen LogP contribution in [-0.2, 0) is 14.3 Å². The van der Waals surface area contributed by atoms with Gasteiger partial charge in [0.25, 0.3) is 0 Å². The van der Waals surface area contributed by atoms with Gasteiger partial charge < -0.3 is 14.6 Å². The van der Waals surface area contributed by atoms with Gasteiger partial charge in [0.15, 0.2) is 5.79 Å². The predicted molar refractivity (Wildman–Crippen MR) is 78.6 cm³/mol. The molecule has 0 unspecified atom stereocenters. The van der Waals surface area contributed by atoms with Crippen LogP contribution < -0.4 is 0 Å². The van der Waals surface area contributed by atoms with Crippen molar-refractivity contribution < 1.29 is 19.4 Å². The van der Waals surface area contributed by atoms with Crippen LogP contribution in [0.25, 0.3) is 0 Å². The molecule has 1 saturated carbocycles. The van der Waals surface area contributed by atoms with Crippen LogP contribution in [0.1, 0.15) is 65.7 Å². The van der Waals surface area contributed by atoms with E-state index in [1.165, 1.54) is 0 Å². The van der Waals surface area contributed by atoms with E-state index in [4.69, 9.17) is 14.6 Å². The maximum absolute atomic E-state index is 10.5. The fourth-order valence-corrected chi connectivity index (χ4v) is 2.64. The largest absolute Gasteiger partial charge is 0.481 e. The summed E-state index contributed by atoms with van der Waals surface area (Å²) in [5, 5.41) is 8.64. The Morgan fingerprint density at radius 3 is 2.15 bits per heavy atom. The first-order chi connectivity index (χ1) is 9.43. The van der Waals surface area contributed by atoms with E-state index >= 15 is 0 Å². The van der Waals surface area contributed by atoms with Crippen LogP contribution in [0.5, 0.6) is 0 Å². The number of hydrogen-bond acceptors (Lipinski definition) is 3.